The first-order valence-electron chi connectivity index (χ1n) is 6.56. The average molecular weight is 242 g/mol. The number of amides is 1. The van der Waals surface area contributed by atoms with Crippen molar-refractivity contribution < 1.29 is 14.6 Å². The van der Waals surface area contributed by atoms with E-state index in [4.69, 9.17) is 9.84 Å². The highest BCUT2D eigenvalue weighted by Crippen LogP contribution is 2.22. The van der Waals surface area contributed by atoms with Gasteiger partial charge in [0.15, 0.2) is 0 Å². The zero-order valence-corrected chi connectivity index (χ0v) is 10.2. The summed E-state index contributed by atoms with van der Waals surface area (Å²) in [7, 11) is 0. The maximum absolute atomic E-state index is 12.3. The van der Waals surface area contributed by atoms with Crippen LogP contribution in [-0.2, 0) is 9.53 Å². The van der Waals surface area contributed by atoms with Crippen LogP contribution in [0.3, 0.4) is 0 Å². The van der Waals surface area contributed by atoms with Gasteiger partial charge in [0.25, 0.3) is 5.91 Å². The Labute approximate surface area is 102 Å². The minimum Gasteiger partial charge on any atom is -0.396 e. The second-order valence-corrected chi connectivity index (χ2v) is 4.76. The third-order valence-electron chi connectivity index (χ3n) is 3.56. The zero-order chi connectivity index (χ0) is 12.1. The summed E-state index contributed by atoms with van der Waals surface area (Å²) in [4.78, 5) is 14.2. The van der Waals surface area contributed by atoms with Crippen LogP contribution in [0.25, 0.3) is 0 Å². The summed E-state index contributed by atoms with van der Waals surface area (Å²) >= 11 is 0. The van der Waals surface area contributed by atoms with Gasteiger partial charge >= 0.3 is 0 Å². The molecular weight excluding hydrogens is 220 g/mol. The molecule has 2 rings (SSSR count). The van der Waals surface area contributed by atoms with Crippen LogP contribution >= 0.6 is 0 Å². The molecule has 0 radical (unpaired) electrons. The zero-order valence-electron chi connectivity index (χ0n) is 10.2. The Morgan fingerprint density at radius 2 is 2.41 bits per heavy atom. The molecule has 2 aliphatic rings. The highest BCUT2D eigenvalue weighted by atomic mass is 16.5. The molecule has 0 spiro atoms. The van der Waals surface area contributed by atoms with E-state index in [1.807, 2.05) is 4.90 Å². The van der Waals surface area contributed by atoms with Crippen molar-refractivity contribution in [1.82, 2.24) is 10.2 Å². The summed E-state index contributed by atoms with van der Waals surface area (Å²) in [5.41, 5.74) is 0. The summed E-state index contributed by atoms with van der Waals surface area (Å²) < 4.78 is 5.50. The summed E-state index contributed by atoms with van der Waals surface area (Å²) in [6.07, 6.45) is 3.51. The molecule has 5 heteroatoms. The molecular formula is C12H22N2O3. The molecule has 2 heterocycles. The number of nitrogens with zero attached hydrogens (tertiary/aromatic N) is 1. The van der Waals surface area contributed by atoms with Gasteiger partial charge in [-0.1, -0.05) is 0 Å². The maximum atomic E-state index is 12.3. The van der Waals surface area contributed by atoms with Gasteiger partial charge in [-0.05, 0) is 25.7 Å². The Kier molecular flexibility index (Phi) is 4.76. The van der Waals surface area contributed by atoms with Crippen LogP contribution in [-0.4, -0.2) is 60.9 Å². The monoisotopic (exact) mass is 242 g/mol. The first-order chi connectivity index (χ1) is 8.33. The predicted molar refractivity (Wildman–Crippen MR) is 63.7 cm³/mol. The summed E-state index contributed by atoms with van der Waals surface area (Å²) in [5, 5.41) is 12.0. The van der Waals surface area contributed by atoms with Gasteiger partial charge in [-0.15, -0.1) is 0 Å². The van der Waals surface area contributed by atoms with Gasteiger partial charge in [0.2, 0.25) is 0 Å². The molecule has 17 heavy (non-hydrogen) atoms. The van der Waals surface area contributed by atoms with Crippen LogP contribution in [0.2, 0.25) is 0 Å². The van der Waals surface area contributed by atoms with Gasteiger partial charge in [0.1, 0.15) is 6.10 Å². The fourth-order valence-electron chi connectivity index (χ4n) is 2.66. The Morgan fingerprint density at radius 1 is 1.53 bits per heavy atom. The minimum atomic E-state index is -0.307. The molecule has 2 atom stereocenters. The molecule has 2 saturated heterocycles. The van der Waals surface area contributed by atoms with E-state index in [1.165, 1.54) is 0 Å². The van der Waals surface area contributed by atoms with Gasteiger partial charge < -0.3 is 20.1 Å². The lowest BCUT2D eigenvalue weighted by molar-refractivity contribution is -0.146. The number of aliphatic hydroxyl groups is 1. The molecule has 0 aromatic heterocycles. The van der Waals surface area contributed by atoms with Gasteiger partial charge in [0, 0.05) is 32.3 Å². The van der Waals surface area contributed by atoms with Gasteiger partial charge in [-0.2, -0.15) is 0 Å². The quantitative estimate of drug-likeness (QED) is 0.713. The van der Waals surface area contributed by atoms with E-state index in [1.54, 1.807) is 0 Å². The third kappa shape index (κ3) is 3.18. The average Bonchev–Trinajstić information content (AvgIpc) is 2.84. The maximum Gasteiger partial charge on any atom is 0.253 e. The summed E-state index contributed by atoms with van der Waals surface area (Å²) in [6.45, 7) is 3.13. The van der Waals surface area contributed by atoms with Gasteiger partial charge in [-0.3, -0.25) is 4.79 Å². The molecule has 0 saturated carbocycles. The van der Waals surface area contributed by atoms with Crippen molar-refractivity contribution >= 4 is 5.91 Å². The Morgan fingerprint density at radius 3 is 3.12 bits per heavy atom. The van der Waals surface area contributed by atoms with Gasteiger partial charge in [-0.25, -0.2) is 0 Å². The molecule has 2 fully saturated rings. The van der Waals surface area contributed by atoms with E-state index in [9.17, 15) is 4.79 Å². The van der Waals surface area contributed by atoms with E-state index in [0.29, 0.717) is 19.2 Å². The van der Waals surface area contributed by atoms with E-state index in [-0.39, 0.29) is 18.6 Å². The highest BCUT2D eigenvalue weighted by Gasteiger charge is 2.33. The standard InChI is InChI=1S/C12H22N2O3/c15-7-2-4-10-3-1-6-14(10)12(16)11-9-13-5-8-17-11/h10-11,13,15H,1-9H2. The van der Waals surface area contributed by atoms with E-state index in [2.05, 4.69) is 5.32 Å². The van der Waals surface area contributed by atoms with Crippen LogP contribution in [0.1, 0.15) is 25.7 Å². The number of nitrogens with one attached hydrogen (secondary N) is 1. The lowest BCUT2D eigenvalue weighted by atomic mass is 10.1. The number of aliphatic hydroxyl groups excluding tert-OH is 1. The molecule has 2 N–H and O–H groups in total. The largest absolute Gasteiger partial charge is 0.396 e. The first-order valence-corrected chi connectivity index (χ1v) is 6.56. The SMILES string of the molecule is O=C(C1CNCCO1)N1CCCC1CCCO. The Hall–Kier alpha value is -0.650. The molecule has 5 nitrogen and oxygen atoms in total. The van der Waals surface area contributed by atoms with Crippen molar-refractivity contribution in [3.63, 3.8) is 0 Å². The van der Waals surface area contributed by atoms with Crippen LogP contribution < -0.4 is 5.32 Å². The van der Waals surface area contributed by atoms with Crippen molar-refractivity contribution in [2.75, 3.05) is 32.8 Å². The number of hydrogen-bond acceptors (Lipinski definition) is 4. The lowest BCUT2D eigenvalue weighted by Crippen LogP contribution is -2.50. The van der Waals surface area contributed by atoms with Gasteiger partial charge in [0.05, 0.1) is 6.61 Å². The molecule has 0 aromatic rings. The number of morpholine rings is 1. The third-order valence-corrected chi connectivity index (χ3v) is 3.56. The van der Waals surface area contributed by atoms with Crippen molar-refractivity contribution in [3.8, 4) is 0 Å². The number of likely N-dealkylation sites (tertiary alicyclic amines) is 1. The van der Waals surface area contributed by atoms with Crippen molar-refractivity contribution in [1.29, 1.82) is 0 Å². The van der Waals surface area contributed by atoms with Crippen molar-refractivity contribution in [2.45, 2.75) is 37.8 Å². The lowest BCUT2D eigenvalue weighted by Gasteiger charge is -2.31. The molecule has 0 aliphatic carbocycles. The van der Waals surface area contributed by atoms with Crippen molar-refractivity contribution in [3.05, 3.63) is 0 Å². The number of hydrogen-bond donors (Lipinski definition) is 2. The topological polar surface area (TPSA) is 61.8 Å². The summed E-state index contributed by atoms with van der Waals surface area (Å²) in [6, 6.07) is 0.306. The predicted octanol–water partition coefficient (Wildman–Crippen LogP) is -0.262. The first kappa shape index (κ1) is 12.8. The highest BCUT2D eigenvalue weighted by molar-refractivity contribution is 5.81. The molecule has 0 bridgehead atoms. The Bertz CT molecular complexity index is 254. The summed E-state index contributed by atoms with van der Waals surface area (Å²) in [5.74, 6) is 0.123. The molecule has 0 aromatic carbocycles. The number of rotatable bonds is 4. The normalized spacial score (nSPS) is 29.6. The van der Waals surface area contributed by atoms with Crippen LogP contribution in [0.15, 0.2) is 0 Å². The molecule has 2 aliphatic heterocycles. The second-order valence-electron chi connectivity index (χ2n) is 4.76. The molecule has 1 amide bonds. The number of ether oxygens (including phenoxy) is 1. The van der Waals surface area contributed by atoms with E-state index < -0.39 is 0 Å². The smallest absolute Gasteiger partial charge is 0.253 e. The van der Waals surface area contributed by atoms with Crippen LogP contribution in [0.4, 0.5) is 0 Å². The van der Waals surface area contributed by atoms with Crippen LogP contribution in [0.5, 0.6) is 0 Å². The molecule has 2 unspecified atom stereocenters. The number of carbonyl (C=O) groups is 1. The Balaban J connectivity index is 1.88. The van der Waals surface area contributed by atoms with Crippen LogP contribution in [0, 0.1) is 0 Å². The van der Waals surface area contributed by atoms with E-state index in [0.717, 1.165) is 38.8 Å². The van der Waals surface area contributed by atoms with E-state index >= 15 is 0 Å². The minimum absolute atomic E-state index is 0.123. The van der Waals surface area contributed by atoms with Crippen molar-refractivity contribution in [2.24, 2.45) is 0 Å². The number of carbonyl (C=O) groups excluding carboxylic acids is 1. The molecule has 98 valence electrons. The fraction of sp³-hybridized carbons (Fsp3) is 0.917. The second kappa shape index (κ2) is 6.33. The fourth-order valence-corrected chi connectivity index (χ4v) is 2.66.